The summed E-state index contributed by atoms with van der Waals surface area (Å²) in [5.74, 6) is -0.575. The number of aromatic nitrogens is 1. The van der Waals surface area contributed by atoms with Crippen LogP contribution in [-0.2, 0) is 11.2 Å². The molecule has 1 aromatic heterocycles. The number of ether oxygens (including phenoxy) is 1. The minimum atomic E-state index is -0.407. The first kappa shape index (κ1) is 11.0. The van der Waals surface area contributed by atoms with Gasteiger partial charge in [-0.2, -0.15) is 0 Å². The summed E-state index contributed by atoms with van der Waals surface area (Å²) in [5, 5.41) is 0.964. The molecule has 0 N–H and O–H groups in total. The molecule has 18 heavy (non-hydrogen) atoms. The van der Waals surface area contributed by atoms with Gasteiger partial charge in [0, 0.05) is 18.7 Å². The van der Waals surface area contributed by atoms with Crippen LogP contribution in [0.5, 0.6) is 0 Å². The number of fused-ring (bicyclic) bond motifs is 3. The molecular formula is C14H13NO3. The molecule has 1 aliphatic rings. The van der Waals surface area contributed by atoms with E-state index in [-0.39, 0.29) is 12.0 Å². The number of benzene rings is 1. The van der Waals surface area contributed by atoms with Crippen molar-refractivity contribution >= 4 is 22.8 Å². The Morgan fingerprint density at radius 2 is 2.11 bits per heavy atom. The molecule has 0 unspecified atom stereocenters. The highest BCUT2D eigenvalue weighted by atomic mass is 16.5. The number of nitrogens with zero attached hydrogens (tertiary/aromatic N) is 1. The lowest BCUT2D eigenvalue weighted by atomic mass is 10.0. The molecular weight excluding hydrogens is 230 g/mol. The van der Waals surface area contributed by atoms with Crippen LogP contribution in [0.4, 0.5) is 0 Å². The van der Waals surface area contributed by atoms with Crippen molar-refractivity contribution in [2.75, 3.05) is 0 Å². The molecule has 0 fully saturated rings. The normalized spacial score (nSPS) is 18.6. The molecule has 1 aliphatic heterocycles. The quantitative estimate of drug-likeness (QED) is 0.667. The van der Waals surface area contributed by atoms with Crippen LogP contribution in [0, 0.1) is 0 Å². The Hall–Kier alpha value is -2.10. The van der Waals surface area contributed by atoms with Crippen LogP contribution in [0.2, 0.25) is 0 Å². The molecule has 0 saturated carbocycles. The molecule has 2 heterocycles. The molecule has 1 atom stereocenters. The van der Waals surface area contributed by atoms with Gasteiger partial charge in [-0.25, -0.2) is 4.79 Å². The van der Waals surface area contributed by atoms with Gasteiger partial charge < -0.3 is 4.74 Å². The third kappa shape index (κ3) is 1.38. The zero-order valence-electron chi connectivity index (χ0n) is 10.3. The summed E-state index contributed by atoms with van der Waals surface area (Å²) in [7, 11) is 0. The van der Waals surface area contributed by atoms with E-state index in [4.69, 9.17) is 4.74 Å². The van der Waals surface area contributed by atoms with Crippen LogP contribution >= 0.6 is 0 Å². The Bertz CT molecular complexity index is 669. The van der Waals surface area contributed by atoms with E-state index < -0.39 is 5.97 Å². The highest BCUT2D eigenvalue weighted by molar-refractivity contribution is 6.05. The number of esters is 1. The summed E-state index contributed by atoms with van der Waals surface area (Å²) in [6.45, 7) is 3.32. The third-order valence-electron chi connectivity index (χ3n) is 3.29. The van der Waals surface area contributed by atoms with Crippen molar-refractivity contribution in [3.63, 3.8) is 0 Å². The molecule has 1 aromatic carbocycles. The van der Waals surface area contributed by atoms with Crippen LogP contribution in [0.25, 0.3) is 10.9 Å². The SMILES string of the molecule is CC(=O)n1c2c(c3ccccc31)C[C@H](C)OC2=O. The van der Waals surface area contributed by atoms with Gasteiger partial charge in [-0.3, -0.25) is 9.36 Å². The van der Waals surface area contributed by atoms with Crippen molar-refractivity contribution in [3.05, 3.63) is 35.5 Å². The second kappa shape index (κ2) is 3.70. The third-order valence-corrected chi connectivity index (χ3v) is 3.29. The number of hydrogen-bond donors (Lipinski definition) is 0. The molecule has 0 saturated heterocycles. The van der Waals surface area contributed by atoms with Gasteiger partial charge >= 0.3 is 5.97 Å². The highest BCUT2D eigenvalue weighted by Crippen LogP contribution is 2.31. The highest BCUT2D eigenvalue weighted by Gasteiger charge is 2.31. The zero-order chi connectivity index (χ0) is 12.9. The molecule has 2 aromatic rings. The lowest BCUT2D eigenvalue weighted by molar-refractivity contribution is 0.0286. The van der Waals surface area contributed by atoms with Crippen molar-refractivity contribution < 1.29 is 14.3 Å². The molecule has 4 heteroatoms. The van der Waals surface area contributed by atoms with Crippen molar-refractivity contribution in [2.24, 2.45) is 0 Å². The smallest absolute Gasteiger partial charge is 0.356 e. The van der Waals surface area contributed by atoms with E-state index in [1.807, 2.05) is 31.2 Å². The number of cyclic esters (lactones) is 1. The Kier molecular flexibility index (Phi) is 2.26. The van der Waals surface area contributed by atoms with Gasteiger partial charge in [0.1, 0.15) is 11.8 Å². The molecule has 3 rings (SSSR count). The van der Waals surface area contributed by atoms with Crippen molar-refractivity contribution in [1.82, 2.24) is 4.57 Å². The van der Waals surface area contributed by atoms with E-state index in [2.05, 4.69) is 0 Å². The maximum absolute atomic E-state index is 12.0. The van der Waals surface area contributed by atoms with Crippen molar-refractivity contribution in [3.8, 4) is 0 Å². The monoisotopic (exact) mass is 243 g/mol. The standard InChI is InChI=1S/C14H13NO3/c1-8-7-11-10-5-3-4-6-12(10)15(9(2)16)13(11)14(17)18-8/h3-6,8H,7H2,1-2H3/t8-/m0/s1. The van der Waals surface area contributed by atoms with Gasteiger partial charge in [-0.05, 0) is 18.6 Å². The fourth-order valence-electron chi connectivity index (χ4n) is 2.62. The Morgan fingerprint density at radius 3 is 2.83 bits per heavy atom. The summed E-state index contributed by atoms with van der Waals surface area (Å²) in [4.78, 5) is 23.8. The predicted octanol–water partition coefficient (Wildman–Crippen LogP) is 2.40. The first-order chi connectivity index (χ1) is 8.59. The Labute approximate surface area is 104 Å². The molecule has 92 valence electrons. The minimum absolute atomic E-state index is 0.142. The van der Waals surface area contributed by atoms with Gasteiger partial charge in [0.05, 0.1) is 5.52 Å². The summed E-state index contributed by atoms with van der Waals surface area (Å²) in [6, 6.07) is 7.58. The van der Waals surface area contributed by atoms with E-state index in [1.54, 1.807) is 0 Å². The van der Waals surface area contributed by atoms with Crippen molar-refractivity contribution in [2.45, 2.75) is 26.4 Å². The summed E-state index contributed by atoms with van der Waals surface area (Å²) >= 11 is 0. The van der Waals surface area contributed by atoms with E-state index in [0.29, 0.717) is 12.1 Å². The molecule has 0 radical (unpaired) electrons. The number of carbonyl (C=O) groups excluding carboxylic acids is 2. The van der Waals surface area contributed by atoms with Crippen LogP contribution < -0.4 is 0 Å². The maximum atomic E-state index is 12.0. The first-order valence-electron chi connectivity index (χ1n) is 5.94. The zero-order valence-corrected chi connectivity index (χ0v) is 10.3. The van der Waals surface area contributed by atoms with E-state index in [9.17, 15) is 9.59 Å². The van der Waals surface area contributed by atoms with Gasteiger partial charge in [-0.1, -0.05) is 18.2 Å². The molecule has 0 amide bonds. The van der Waals surface area contributed by atoms with Crippen LogP contribution in [-0.4, -0.2) is 22.5 Å². The number of rotatable bonds is 0. The largest absolute Gasteiger partial charge is 0.458 e. The summed E-state index contributed by atoms with van der Waals surface area (Å²) < 4.78 is 6.68. The van der Waals surface area contributed by atoms with Crippen molar-refractivity contribution in [1.29, 1.82) is 0 Å². The number of hydrogen-bond acceptors (Lipinski definition) is 3. The van der Waals surface area contributed by atoms with Crippen LogP contribution in [0.15, 0.2) is 24.3 Å². The molecule has 0 bridgehead atoms. The van der Waals surface area contributed by atoms with Crippen LogP contribution in [0.3, 0.4) is 0 Å². The maximum Gasteiger partial charge on any atom is 0.356 e. The van der Waals surface area contributed by atoms with Gasteiger partial charge in [0.15, 0.2) is 0 Å². The van der Waals surface area contributed by atoms with E-state index in [1.165, 1.54) is 11.5 Å². The predicted molar refractivity (Wildman–Crippen MR) is 66.8 cm³/mol. The van der Waals surface area contributed by atoms with Gasteiger partial charge in [0.2, 0.25) is 5.91 Å². The number of para-hydroxylation sites is 1. The summed E-state index contributed by atoms with van der Waals surface area (Å²) in [5.41, 5.74) is 2.09. The molecule has 0 spiro atoms. The minimum Gasteiger partial charge on any atom is -0.458 e. The Morgan fingerprint density at radius 1 is 1.39 bits per heavy atom. The second-order valence-corrected chi connectivity index (χ2v) is 4.62. The van der Waals surface area contributed by atoms with Gasteiger partial charge in [0.25, 0.3) is 0 Å². The van der Waals surface area contributed by atoms with E-state index in [0.717, 1.165) is 16.5 Å². The lowest BCUT2D eigenvalue weighted by Crippen LogP contribution is -2.27. The topological polar surface area (TPSA) is 48.3 Å². The molecule has 4 nitrogen and oxygen atoms in total. The molecule has 0 aliphatic carbocycles. The fourth-order valence-corrected chi connectivity index (χ4v) is 2.62. The fraction of sp³-hybridized carbons (Fsp3) is 0.286. The summed E-state index contributed by atoms with van der Waals surface area (Å²) in [6.07, 6.45) is 0.512. The average molecular weight is 243 g/mol. The Balaban J connectivity index is 2.43. The second-order valence-electron chi connectivity index (χ2n) is 4.62. The van der Waals surface area contributed by atoms with Gasteiger partial charge in [-0.15, -0.1) is 0 Å². The lowest BCUT2D eigenvalue weighted by Gasteiger charge is -2.20. The average Bonchev–Trinajstić information content (AvgIpc) is 2.64. The van der Waals surface area contributed by atoms with Crippen LogP contribution in [0.1, 0.15) is 34.7 Å². The van der Waals surface area contributed by atoms with E-state index >= 15 is 0 Å². The number of carbonyl (C=O) groups is 2. The first-order valence-corrected chi connectivity index (χ1v) is 5.94.